The molecule has 0 unspecified atom stereocenters. The quantitative estimate of drug-likeness (QED) is 0.0403. The van der Waals surface area contributed by atoms with Crippen LogP contribution >= 0.6 is 23.2 Å². The second kappa shape index (κ2) is 43.2. The molecule has 0 aliphatic heterocycles. The van der Waals surface area contributed by atoms with Gasteiger partial charge in [0.2, 0.25) is 5.82 Å². The molecule has 9 aromatic heterocycles. The van der Waals surface area contributed by atoms with Gasteiger partial charge in [0.05, 0.1) is 192 Å². The number of aromatic nitrogens is 18. The first-order valence-corrected chi connectivity index (χ1v) is 42.8. The molecule has 32 nitrogen and oxygen atoms in total. The molecule has 0 saturated heterocycles. The molecule has 8 aromatic carbocycles. The highest BCUT2D eigenvalue weighted by Gasteiger charge is 2.26. The lowest BCUT2D eigenvalue weighted by Gasteiger charge is -2.28. The highest BCUT2D eigenvalue weighted by molar-refractivity contribution is 6.41. The number of halogens is 2. The fraction of sp³-hybridized carbons (Fsp3) is 0.232. The van der Waals surface area contributed by atoms with Crippen LogP contribution in [0.1, 0.15) is 33.5 Å². The lowest BCUT2D eigenvalue weighted by molar-refractivity contribution is 0.143. The van der Waals surface area contributed by atoms with E-state index in [0.29, 0.717) is 86.4 Å². The van der Waals surface area contributed by atoms with Crippen molar-refractivity contribution in [2.24, 2.45) is 28.2 Å². The number of hydrogen-bond donors (Lipinski definition) is 3. The highest BCUT2D eigenvalue weighted by Crippen LogP contribution is 2.49. The molecule has 0 radical (unpaired) electrons. The predicted molar refractivity (Wildman–Crippen MR) is 520 cm³/mol. The lowest BCUT2D eigenvalue weighted by Crippen LogP contribution is -2.32. The number of aliphatic hydroxyl groups excluding tert-OH is 1. The largest absolute Gasteiger partial charge is 0.497 e. The topological polar surface area (TPSA) is 330 Å². The third-order valence-electron chi connectivity index (χ3n) is 20.7. The summed E-state index contributed by atoms with van der Waals surface area (Å²) in [5, 5.41) is 40.9. The zero-order valence-electron chi connectivity index (χ0n) is 76.1. The molecule has 0 aliphatic rings. The number of benzene rings is 8. The summed E-state index contributed by atoms with van der Waals surface area (Å²) in [7, 11) is 18.7. The average molecular weight is 1830 g/mol. The number of anilines is 8. The van der Waals surface area contributed by atoms with Crippen LogP contribution in [0.15, 0.2) is 232 Å². The van der Waals surface area contributed by atoms with Crippen molar-refractivity contribution in [3.05, 3.63) is 248 Å². The number of fused-ring (bicyclic) bond motifs is 4. The van der Waals surface area contributed by atoms with Crippen LogP contribution in [0.4, 0.5) is 45.5 Å². The van der Waals surface area contributed by atoms with Gasteiger partial charge in [-0.05, 0) is 111 Å². The average Bonchev–Trinajstić information content (AvgIpc) is 1.24. The van der Waals surface area contributed by atoms with Crippen LogP contribution in [-0.2, 0) is 28.2 Å². The monoisotopic (exact) mass is 1820 g/mol. The summed E-state index contributed by atoms with van der Waals surface area (Å²) in [5.41, 5.74) is 18.5. The molecule has 0 aliphatic carbocycles. The van der Waals surface area contributed by atoms with Crippen LogP contribution in [0, 0.1) is 23.7 Å². The van der Waals surface area contributed by atoms with Gasteiger partial charge in [0.15, 0.2) is 0 Å². The Balaban J connectivity index is 0.000000143. The fourth-order valence-electron chi connectivity index (χ4n) is 14.1. The number of nitrogens with one attached hydrogen (secondary N) is 1. The van der Waals surface area contributed by atoms with Gasteiger partial charge in [-0.15, -0.1) is 0 Å². The van der Waals surface area contributed by atoms with E-state index in [-0.39, 0.29) is 13.2 Å². The van der Waals surface area contributed by atoms with Crippen molar-refractivity contribution in [2.45, 2.75) is 39.3 Å². The number of hydrogen-bond acceptors (Lipinski definition) is 28. The summed E-state index contributed by atoms with van der Waals surface area (Å²) in [4.78, 5) is 54.1. The van der Waals surface area contributed by atoms with E-state index in [1.807, 2.05) is 167 Å². The predicted octanol–water partition coefficient (Wildman–Crippen LogP) is 16.6. The Kier molecular flexibility index (Phi) is 30.4. The van der Waals surface area contributed by atoms with Gasteiger partial charge in [0.1, 0.15) is 55.9 Å². The van der Waals surface area contributed by atoms with Gasteiger partial charge in [-0.25, -0.2) is 29.9 Å². The third-order valence-corrected chi connectivity index (χ3v) is 21.4. The van der Waals surface area contributed by atoms with E-state index in [2.05, 4.69) is 127 Å². The molecule has 17 rings (SSSR count). The fourth-order valence-corrected chi connectivity index (χ4v) is 14.8. The summed E-state index contributed by atoms with van der Waals surface area (Å²) in [5.74, 6) is 17.0. The molecule has 17 aromatic rings. The Bertz CT molecular complexity index is 6990. The standard InChI is InChI=1S/C27H23N7O2.C26H27N5O3.C24H28N6O.C22H21Cl2N5O3/c1-33-18-19(16-31-33)26-17-30-24-8-7-20(14-25(24)32-26)34(11-4-6-27-28-9-5-10-29-27)21-12-22(35-2)15-23(13-21)36-3;1-26(2,32)9-6-10-31(20-11-21(33-4)14-22(12-20)34-5)19-7-8-23-24(13-19)29-25(16-27-23)18-15-28-30(3)17-18;1-17(2)25-10-11-30(19-6-5-7-21(12-19)31-4)20-8-9-22-23(13-20)28-24(15-26-22)18-14-27-29(3)16-18;1-28-12-13(10-26-28)17-11-25-15-5-4-14(8-16(15)27-17)29(6-7-30)22-20(23)18(31-2)9-19(32-3)21(22)24/h5,7-10,12-18H,11H2,1-3H3;7-8,11-17,32H,10H2,1-5H3;5-9,12-17,25H,10-11H2,1-4H3;4-5,8-12,30H,6-7H2,1-3H3. The number of methoxy groups -OCH3 is 7. The van der Waals surface area contributed by atoms with Gasteiger partial charge in [0, 0.05) is 202 Å². The summed E-state index contributed by atoms with van der Waals surface area (Å²) >= 11 is 13.2. The van der Waals surface area contributed by atoms with Crippen molar-refractivity contribution >= 4 is 113 Å². The van der Waals surface area contributed by atoms with Crippen LogP contribution in [0.3, 0.4) is 0 Å². The van der Waals surface area contributed by atoms with Gasteiger partial charge in [-0.1, -0.05) is 60.9 Å². The minimum absolute atomic E-state index is 0.133. The molecule has 0 spiro atoms. The van der Waals surface area contributed by atoms with Crippen LogP contribution in [0.25, 0.3) is 89.2 Å². The molecule has 3 N–H and O–H groups in total. The van der Waals surface area contributed by atoms with E-state index in [0.717, 1.165) is 137 Å². The van der Waals surface area contributed by atoms with E-state index >= 15 is 0 Å². The number of nitrogens with zero attached hydrogens (tertiary/aromatic N) is 22. The van der Waals surface area contributed by atoms with Crippen LogP contribution in [0.5, 0.6) is 40.2 Å². The van der Waals surface area contributed by atoms with Crippen molar-refractivity contribution in [3.63, 3.8) is 0 Å². The molecule has 133 heavy (non-hydrogen) atoms. The van der Waals surface area contributed by atoms with Crippen molar-refractivity contribution in [3.8, 4) is 109 Å². The van der Waals surface area contributed by atoms with Crippen molar-refractivity contribution in [2.75, 3.05) is 109 Å². The molecular formula is C99H99Cl2N23O9. The van der Waals surface area contributed by atoms with Gasteiger partial charge in [0.25, 0.3) is 0 Å². The van der Waals surface area contributed by atoms with Crippen LogP contribution in [-0.4, -0.2) is 200 Å². The highest BCUT2D eigenvalue weighted by atomic mass is 35.5. The molecule has 0 atom stereocenters. The van der Waals surface area contributed by atoms with E-state index in [1.54, 1.807) is 147 Å². The molecule has 0 amide bonds. The number of ether oxygens (including phenoxy) is 7. The summed E-state index contributed by atoms with van der Waals surface area (Å²) < 4.78 is 45.1. The molecule has 34 heteroatoms. The minimum atomic E-state index is -1.09. The van der Waals surface area contributed by atoms with Crippen molar-refractivity contribution in [1.29, 1.82) is 0 Å². The molecule has 0 saturated carbocycles. The molecular weight excluding hydrogens is 1730 g/mol. The normalized spacial score (nSPS) is 11.0. The maximum Gasteiger partial charge on any atom is 0.204 e. The van der Waals surface area contributed by atoms with Crippen molar-refractivity contribution in [1.82, 2.24) is 94.3 Å². The molecule has 678 valence electrons. The molecule has 0 fully saturated rings. The Morgan fingerprint density at radius 3 is 1.10 bits per heavy atom. The van der Waals surface area contributed by atoms with Crippen LogP contribution < -0.4 is 58.1 Å². The summed E-state index contributed by atoms with van der Waals surface area (Å²) in [6.45, 7) is 10.1. The number of rotatable bonds is 27. The number of aryl methyl sites for hydroxylation is 4. The van der Waals surface area contributed by atoms with Gasteiger partial charge in [-0.3, -0.25) is 38.7 Å². The molecule has 0 bridgehead atoms. The Morgan fingerprint density at radius 1 is 0.391 bits per heavy atom. The zero-order chi connectivity index (χ0) is 93.8. The van der Waals surface area contributed by atoms with E-state index in [1.165, 1.54) is 14.2 Å². The Labute approximate surface area is 779 Å². The second-order valence-corrected chi connectivity index (χ2v) is 31.7. The Morgan fingerprint density at radius 2 is 0.752 bits per heavy atom. The van der Waals surface area contributed by atoms with E-state index in [9.17, 15) is 10.2 Å². The van der Waals surface area contributed by atoms with Gasteiger partial charge in [-0.2, -0.15) is 20.4 Å². The minimum Gasteiger partial charge on any atom is -0.497 e. The summed E-state index contributed by atoms with van der Waals surface area (Å²) in [6, 6.07) is 46.9. The summed E-state index contributed by atoms with van der Waals surface area (Å²) in [6.07, 6.45) is 25.1. The zero-order valence-corrected chi connectivity index (χ0v) is 77.6. The first-order valence-electron chi connectivity index (χ1n) is 42.0. The third kappa shape index (κ3) is 23.5. The lowest BCUT2D eigenvalue weighted by atomic mass is 10.1. The van der Waals surface area contributed by atoms with Gasteiger partial charge < -0.3 is 68.3 Å². The molecule has 9 heterocycles. The number of aliphatic hydroxyl groups is 2. The van der Waals surface area contributed by atoms with Gasteiger partial charge >= 0.3 is 0 Å². The smallest absolute Gasteiger partial charge is 0.204 e. The van der Waals surface area contributed by atoms with Crippen molar-refractivity contribution < 1.29 is 43.4 Å². The maximum absolute atomic E-state index is 10.1. The Hall–Kier alpha value is -15.6. The van der Waals surface area contributed by atoms with E-state index < -0.39 is 5.60 Å². The first-order chi connectivity index (χ1) is 64.4. The maximum atomic E-state index is 10.1. The van der Waals surface area contributed by atoms with E-state index in [4.69, 9.17) is 76.3 Å². The first kappa shape index (κ1) is 93.6. The van der Waals surface area contributed by atoms with Crippen LogP contribution in [0.2, 0.25) is 10.0 Å². The SMILES string of the molecule is COc1cc(OC)c(Cl)c(N(CCO)c2ccc3ncc(-c4cnn(C)c4)nc3c2)c1Cl.COc1cc(OC)cc(N(CC#CC(C)(C)O)c2ccc3ncc(-c4cnn(C)c4)nc3c2)c1.COc1cc(OC)cc(N(CC#Cc2ncccn2)c2ccc3ncc(-c4cnn(C)c4)nc3c2)c1.COc1cccc(N(CCNC(C)C)c2ccc3ncc(-c4cnn(C)c4)nc3c2)c1. The second-order valence-electron chi connectivity index (χ2n) is 31.0.